The van der Waals surface area contributed by atoms with Crippen LogP contribution in [0.4, 0.5) is 10.1 Å². The largest absolute Gasteiger partial charge is 0.507 e. The summed E-state index contributed by atoms with van der Waals surface area (Å²) in [5, 5.41) is 16.7. The van der Waals surface area contributed by atoms with Gasteiger partial charge in [0.25, 0.3) is 5.91 Å². The maximum Gasteiger partial charge on any atom is 0.259 e. The van der Waals surface area contributed by atoms with Gasteiger partial charge in [-0.05, 0) is 42.3 Å². The predicted octanol–water partition coefficient (Wildman–Crippen LogP) is 2.82. The molecule has 3 N–H and O–H groups in total. The van der Waals surface area contributed by atoms with E-state index in [-0.39, 0.29) is 24.0 Å². The van der Waals surface area contributed by atoms with Crippen LogP contribution in [0.3, 0.4) is 0 Å². The molecule has 0 spiro atoms. The van der Waals surface area contributed by atoms with Crippen molar-refractivity contribution in [3.63, 3.8) is 0 Å². The number of rotatable bonds is 7. The van der Waals surface area contributed by atoms with E-state index in [2.05, 4.69) is 22.4 Å². The topological polar surface area (TPSA) is 73.7 Å². The number of nitrogens with one attached hydrogen (secondary N) is 2. The number of phenolic OH excluding ortho intramolecular Hbond substituents is 1. The van der Waals surface area contributed by atoms with Gasteiger partial charge in [-0.25, -0.2) is 9.82 Å². The van der Waals surface area contributed by atoms with Gasteiger partial charge in [-0.15, -0.1) is 6.58 Å². The quantitative estimate of drug-likeness (QED) is 0.416. The average molecular weight is 327 g/mol. The van der Waals surface area contributed by atoms with Gasteiger partial charge >= 0.3 is 0 Å². The van der Waals surface area contributed by atoms with Crippen molar-refractivity contribution in [1.82, 2.24) is 5.43 Å². The predicted molar refractivity (Wildman–Crippen MR) is 92.6 cm³/mol. The number of carbonyl (C=O) groups excluding carboxylic acids is 1. The van der Waals surface area contributed by atoms with Crippen LogP contribution in [-0.2, 0) is 11.2 Å². The highest BCUT2D eigenvalue weighted by Gasteiger charge is 2.04. The molecule has 0 radical (unpaired) electrons. The lowest BCUT2D eigenvalue weighted by Gasteiger charge is -2.06. The van der Waals surface area contributed by atoms with Gasteiger partial charge in [0, 0.05) is 11.3 Å². The Bertz CT molecular complexity index is 742. The number of para-hydroxylation sites is 1. The zero-order valence-electron chi connectivity index (χ0n) is 13.0. The number of phenols is 1. The van der Waals surface area contributed by atoms with Crippen molar-refractivity contribution in [3.05, 3.63) is 72.1 Å². The second kappa shape index (κ2) is 8.47. The molecule has 2 aromatic rings. The van der Waals surface area contributed by atoms with Crippen molar-refractivity contribution < 1.29 is 14.3 Å². The molecule has 6 heteroatoms. The van der Waals surface area contributed by atoms with Crippen molar-refractivity contribution in [3.8, 4) is 5.75 Å². The van der Waals surface area contributed by atoms with Gasteiger partial charge in [-0.3, -0.25) is 4.79 Å². The standard InChI is InChI=1S/C18H18FN3O2/c1-2-4-13-5-3-6-14(18(13)24)11-21-22-17(23)12-20-16-9-7-15(19)8-10-16/h2-3,5-11,20,24H,1,4,12H2,(H,22,23). The fraction of sp³-hybridized carbons (Fsp3) is 0.111. The van der Waals surface area contributed by atoms with E-state index < -0.39 is 0 Å². The second-order valence-corrected chi connectivity index (χ2v) is 5.00. The lowest BCUT2D eigenvalue weighted by molar-refractivity contribution is -0.119. The van der Waals surface area contributed by atoms with E-state index in [0.717, 1.165) is 5.56 Å². The molecule has 0 saturated heterocycles. The van der Waals surface area contributed by atoms with Gasteiger partial charge in [0.2, 0.25) is 0 Å². The van der Waals surface area contributed by atoms with Crippen LogP contribution in [0.5, 0.6) is 5.75 Å². The number of aromatic hydroxyl groups is 1. The highest BCUT2D eigenvalue weighted by atomic mass is 19.1. The van der Waals surface area contributed by atoms with E-state index in [9.17, 15) is 14.3 Å². The molecule has 0 heterocycles. The Morgan fingerprint density at radius 2 is 2.00 bits per heavy atom. The summed E-state index contributed by atoms with van der Waals surface area (Å²) in [4.78, 5) is 11.7. The molecule has 124 valence electrons. The molecular weight excluding hydrogens is 309 g/mol. The SMILES string of the molecule is C=CCc1cccc(C=NNC(=O)CNc2ccc(F)cc2)c1O. The summed E-state index contributed by atoms with van der Waals surface area (Å²) in [6.07, 6.45) is 3.61. The first-order valence-electron chi connectivity index (χ1n) is 7.33. The van der Waals surface area contributed by atoms with Crippen molar-refractivity contribution in [2.45, 2.75) is 6.42 Å². The molecule has 0 bridgehead atoms. The molecule has 0 aliphatic heterocycles. The molecule has 5 nitrogen and oxygen atoms in total. The van der Waals surface area contributed by atoms with E-state index in [0.29, 0.717) is 17.7 Å². The first kappa shape index (κ1) is 17.2. The van der Waals surface area contributed by atoms with E-state index in [1.165, 1.54) is 30.5 Å². The molecule has 0 aromatic heterocycles. The van der Waals surface area contributed by atoms with Crippen molar-refractivity contribution >= 4 is 17.8 Å². The van der Waals surface area contributed by atoms with Crippen LogP contribution in [0.25, 0.3) is 0 Å². The molecule has 0 saturated carbocycles. The number of allylic oxidation sites excluding steroid dienone is 1. The summed E-state index contributed by atoms with van der Waals surface area (Å²) < 4.78 is 12.8. The average Bonchev–Trinajstić information content (AvgIpc) is 2.58. The van der Waals surface area contributed by atoms with Gasteiger partial charge in [0.05, 0.1) is 12.8 Å². The Labute approximate surface area is 139 Å². The highest BCUT2D eigenvalue weighted by molar-refractivity contribution is 5.86. The summed E-state index contributed by atoms with van der Waals surface area (Å²) in [6.45, 7) is 3.62. The van der Waals surface area contributed by atoms with Crippen LogP contribution in [0.1, 0.15) is 11.1 Å². The summed E-state index contributed by atoms with van der Waals surface area (Å²) in [7, 11) is 0. The minimum absolute atomic E-state index is 0.00847. The van der Waals surface area contributed by atoms with Crippen LogP contribution in [0.15, 0.2) is 60.2 Å². The van der Waals surface area contributed by atoms with Gasteiger partial charge in [-0.1, -0.05) is 18.2 Å². The molecule has 0 fully saturated rings. The number of amides is 1. The maximum atomic E-state index is 12.8. The number of anilines is 1. The lowest BCUT2D eigenvalue weighted by atomic mass is 10.1. The van der Waals surface area contributed by atoms with Crippen LogP contribution < -0.4 is 10.7 Å². The summed E-state index contributed by atoms with van der Waals surface area (Å²) in [5.74, 6) is -0.592. The number of carbonyl (C=O) groups is 1. The molecule has 24 heavy (non-hydrogen) atoms. The Morgan fingerprint density at radius 3 is 2.71 bits per heavy atom. The van der Waals surface area contributed by atoms with Crippen molar-refractivity contribution in [1.29, 1.82) is 0 Å². The highest BCUT2D eigenvalue weighted by Crippen LogP contribution is 2.21. The summed E-state index contributed by atoms with van der Waals surface area (Å²) in [5.41, 5.74) is 4.22. The monoisotopic (exact) mass is 327 g/mol. The number of hydrogen-bond donors (Lipinski definition) is 3. The van der Waals surface area contributed by atoms with Crippen LogP contribution in [-0.4, -0.2) is 23.8 Å². The second-order valence-electron chi connectivity index (χ2n) is 5.00. The van der Waals surface area contributed by atoms with Gasteiger partial charge in [0.15, 0.2) is 0 Å². The summed E-state index contributed by atoms with van der Waals surface area (Å²) in [6, 6.07) is 10.9. The van der Waals surface area contributed by atoms with Gasteiger partial charge in [0.1, 0.15) is 11.6 Å². The Kier molecular flexibility index (Phi) is 6.08. The Balaban J connectivity index is 1.87. The molecule has 0 atom stereocenters. The van der Waals surface area contributed by atoms with Crippen molar-refractivity contribution in [2.75, 3.05) is 11.9 Å². The number of hydrazone groups is 1. The third kappa shape index (κ3) is 4.95. The summed E-state index contributed by atoms with van der Waals surface area (Å²) >= 11 is 0. The minimum atomic E-state index is -0.364. The molecule has 0 aliphatic carbocycles. The van der Waals surface area contributed by atoms with E-state index in [1.54, 1.807) is 24.3 Å². The molecular formula is C18H18FN3O2. The normalized spacial score (nSPS) is 10.5. The van der Waals surface area contributed by atoms with Crippen LogP contribution >= 0.6 is 0 Å². The van der Waals surface area contributed by atoms with E-state index >= 15 is 0 Å². The van der Waals surface area contributed by atoms with E-state index in [4.69, 9.17) is 0 Å². The van der Waals surface area contributed by atoms with Crippen LogP contribution in [0.2, 0.25) is 0 Å². The third-order valence-corrected chi connectivity index (χ3v) is 3.21. The van der Waals surface area contributed by atoms with E-state index in [1.807, 2.05) is 0 Å². The third-order valence-electron chi connectivity index (χ3n) is 3.21. The number of benzene rings is 2. The molecule has 2 aromatic carbocycles. The first-order valence-corrected chi connectivity index (χ1v) is 7.33. The van der Waals surface area contributed by atoms with Gasteiger partial charge in [-0.2, -0.15) is 5.10 Å². The smallest absolute Gasteiger partial charge is 0.259 e. The Hall–Kier alpha value is -3.15. The molecule has 0 aliphatic rings. The first-order chi connectivity index (χ1) is 11.6. The molecule has 1 amide bonds. The lowest BCUT2D eigenvalue weighted by Crippen LogP contribution is -2.25. The number of halogens is 1. The fourth-order valence-corrected chi connectivity index (χ4v) is 2.00. The zero-order valence-corrected chi connectivity index (χ0v) is 13.0. The fourth-order valence-electron chi connectivity index (χ4n) is 2.00. The number of nitrogens with zero attached hydrogens (tertiary/aromatic N) is 1. The molecule has 2 rings (SSSR count). The van der Waals surface area contributed by atoms with Crippen LogP contribution in [0, 0.1) is 5.82 Å². The maximum absolute atomic E-state index is 12.8. The minimum Gasteiger partial charge on any atom is -0.507 e. The Morgan fingerprint density at radius 1 is 1.25 bits per heavy atom. The molecule has 0 unspecified atom stereocenters. The zero-order chi connectivity index (χ0) is 17.4. The van der Waals surface area contributed by atoms with Crippen molar-refractivity contribution in [2.24, 2.45) is 5.10 Å². The number of hydrogen-bond acceptors (Lipinski definition) is 4. The van der Waals surface area contributed by atoms with Gasteiger partial charge < -0.3 is 10.4 Å².